The molecule has 0 bridgehead atoms. The van der Waals surface area contributed by atoms with Gasteiger partial charge in [0, 0.05) is 10.9 Å². The number of carbonyl (C=O) groups excluding carboxylic acids is 1. The van der Waals surface area contributed by atoms with E-state index in [9.17, 15) is 10.1 Å². The van der Waals surface area contributed by atoms with Crippen LogP contribution in [0.15, 0.2) is 18.2 Å². The molecule has 1 amide bonds. The molecule has 1 saturated carbocycles. The van der Waals surface area contributed by atoms with E-state index in [1.807, 2.05) is 12.1 Å². The second-order valence-corrected chi connectivity index (χ2v) is 9.14. The molecule has 9 heteroatoms. The second kappa shape index (κ2) is 7.57. The first-order valence-electron chi connectivity index (χ1n) is 10.5. The number of methoxy groups -OCH3 is 2. The van der Waals surface area contributed by atoms with Crippen LogP contribution in [0.1, 0.15) is 47.3 Å². The maximum absolute atomic E-state index is 13.1. The van der Waals surface area contributed by atoms with E-state index >= 15 is 0 Å². The summed E-state index contributed by atoms with van der Waals surface area (Å²) in [5, 5.41) is 17.5. The van der Waals surface area contributed by atoms with Crippen molar-refractivity contribution in [3.05, 3.63) is 28.6 Å². The van der Waals surface area contributed by atoms with E-state index in [0.717, 1.165) is 48.7 Å². The molecular formula is C23H23N5O3S. The molecule has 1 aromatic carbocycles. The van der Waals surface area contributed by atoms with E-state index in [4.69, 9.17) is 15.2 Å². The average Bonchev–Trinajstić information content (AvgIpc) is 3.16. The van der Waals surface area contributed by atoms with Crippen LogP contribution in [-0.2, 0) is 0 Å². The molecule has 8 nitrogen and oxygen atoms in total. The fourth-order valence-electron chi connectivity index (χ4n) is 4.77. The molecule has 1 fully saturated rings. The van der Waals surface area contributed by atoms with Crippen LogP contribution in [0.25, 0.3) is 21.3 Å². The standard InChI is InChI=1S/C23H23N5O3S/c1-30-14-7-6-12(10-15(14)31-2)16-13(11-24)20(25)26-22-17(16)18-19(32-22)21(29)28-23(27-18)8-4-3-5-9-23/h6-7,10,27H,3-5,8-9H2,1-2H3,(H2,25,26)(H,28,29). The summed E-state index contributed by atoms with van der Waals surface area (Å²) < 4.78 is 10.9. The van der Waals surface area contributed by atoms with Crippen molar-refractivity contribution in [3.8, 4) is 28.7 Å². The number of aromatic nitrogens is 1. The average molecular weight is 450 g/mol. The molecule has 32 heavy (non-hydrogen) atoms. The molecule has 2 aromatic heterocycles. The number of carbonyl (C=O) groups is 1. The fraction of sp³-hybridized carbons (Fsp3) is 0.348. The van der Waals surface area contributed by atoms with Gasteiger partial charge >= 0.3 is 0 Å². The number of anilines is 2. The molecular weight excluding hydrogens is 426 g/mol. The number of nitriles is 1. The van der Waals surface area contributed by atoms with E-state index in [1.54, 1.807) is 20.3 Å². The Hall–Kier alpha value is -3.51. The van der Waals surface area contributed by atoms with E-state index < -0.39 is 5.66 Å². The van der Waals surface area contributed by atoms with Gasteiger partial charge in [-0.05, 0) is 43.4 Å². The lowest BCUT2D eigenvalue weighted by Crippen LogP contribution is -2.58. The predicted octanol–water partition coefficient (Wildman–Crippen LogP) is 4.25. The normalized spacial score (nSPS) is 16.7. The Morgan fingerprint density at radius 2 is 1.91 bits per heavy atom. The molecule has 3 aromatic rings. The zero-order valence-corrected chi connectivity index (χ0v) is 18.7. The van der Waals surface area contributed by atoms with Crippen molar-refractivity contribution in [2.45, 2.75) is 37.8 Å². The minimum absolute atomic E-state index is 0.112. The molecule has 0 unspecified atom stereocenters. The van der Waals surface area contributed by atoms with Gasteiger partial charge in [-0.15, -0.1) is 11.3 Å². The Morgan fingerprint density at radius 1 is 1.16 bits per heavy atom. The Balaban J connectivity index is 1.80. The number of thiophene rings is 1. The minimum Gasteiger partial charge on any atom is -0.493 e. The number of nitrogens with zero attached hydrogens (tertiary/aromatic N) is 2. The summed E-state index contributed by atoms with van der Waals surface area (Å²) in [6.07, 6.45) is 4.96. The number of nitrogen functional groups attached to an aromatic ring is 1. The van der Waals surface area contributed by atoms with Gasteiger partial charge in [0.2, 0.25) is 0 Å². The molecule has 0 radical (unpaired) electrons. The quantitative estimate of drug-likeness (QED) is 0.546. The van der Waals surface area contributed by atoms with Crippen LogP contribution >= 0.6 is 11.3 Å². The van der Waals surface area contributed by atoms with Gasteiger partial charge in [-0.25, -0.2) is 4.98 Å². The summed E-state index contributed by atoms with van der Waals surface area (Å²) in [5.74, 6) is 1.14. The maximum atomic E-state index is 13.1. The van der Waals surface area contributed by atoms with E-state index in [2.05, 4.69) is 21.7 Å². The minimum atomic E-state index is -0.473. The van der Waals surface area contributed by atoms with Crippen molar-refractivity contribution >= 4 is 39.0 Å². The van der Waals surface area contributed by atoms with Gasteiger partial charge in [0.05, 0.1) is 19.9 Å². The summed E-state index contributed by atoms with van der Waals surface area (Å²) >= 11 is 1.28. The Morgan fingerprint density at radius 3 is 2.59 bits per heavy atom. The van der Waals surface area contributed by atoms with E-state index in [0.29, 0.717) is 26.8 Å². The summed E-state index contributed by atoms with van der Waals surface area (Å²) in [5.41, 5.74) is 8.09. The summed E-state index contributed by atoms with van der Waals surface area (Å²) in [4.78, 5) is 18.8. The SMILES string of the molecule is COc1ccc(-c2c(C#N)c(N)nc3sc4c(c23)NC2(CCCCC2)NC4=O)cc1OC. The lowest BCUT2D eigenvalue weighted by atomic mass is 9.86. The van der Waals surface area contributed by atoms with Crippen LogP contribution in [-0.4, -0.2) is 30.8 Å². The second-order valence-electron chi connectivity index (χ2n) is 8.14. The summed E-state index contributed by atoms with van der Waals surface area (Å²) in [6.45, 7) is 0. The zero-order valence-electron chi connectivity index (χ0n) is 17.9. The van der Waals surface area contributed by atoms with Crippen LogP contribution in [0.4, 0.5) is 11.5 Å². The third-order valence-electron chi connectivity index (χ3n) is 6.28. The zero-order chi connectivity index (χ0) is 22.5. The van der Waals surface area contributed by atoms with Crippen LogP contribution in [0.2, 0.25) is 0 Å². The first kappa shape index (κ1) is 20.4. The molecule has 1 aliphatic carbocycles. The number of hydrogen-bond donors (Lipinski definition) is 3. The number of hydrogen-bond acceptors (Lipinski definition) is 8. The van der Waals surface area contributed by atoms with Crippen LogP contribution in [0.3, 0.4) is 0 Å². The van der Waals surface area contributed by atoms with Crippen LogP contribution < -0.4 is 25.8 Å². The van der Waals surface area contributed by atoms with Gasteiger partial charge < -0.3 is 25.8 Å². The number of amides is 1. The third kappa shape index (κ3) is 3.02. The largest absolute Gasteiger partial charge is 0.493 e. The van der Waals surface area contributed by atoms with Gasteiger partial charge in [-0.3, -0.25) is 4.79 Å². The van der Waals surface area contributed by atoms with Crippen molar-refractivity contribution in [1.82, 2.24) is 10.3 Å². The maximum Gasteiger partial charge on any atom is 0.265 e. The first-order chi connectivity index (χ1) is 15.5. The van der Waals surface area contributed by atoms with E-state index in [-0.39, 0.29) is 17.3 Å². The number of pyridine rings is 1. The summed E-state index contributed by atoms with van der Waals surface area (Å²) in [6, 6.07) is 7.68. The molecule has 3 heterocycles. The van der Waals surface area contributed by atoms with Crippen molar-refractivity contribution < 1.29 is 14.3 Å². The molecule has 0 saturated heterocycles. The van der Waals surface area contributed by atoms with Crippen LogP contribution in [0.5, 0.6) is 11.5 Å². The highest BCUT2D eigenvalue weighted by atomic mass is 32.1. The van der Waals surface area contributed by atoms with Crippen LogP contribution in [0, 0.1) is 11.3 Å². The van der Waals surface area contributed by atoms with Gasteiger partial charge in [0.1, 0.15) is 32.8 Å². The van der Waals surface area contributed by atoms with Crippen molar-refractivity contribution in [3.63, 3.8) is 0 Å². The smallest absolute Gasteiger partial charge is 0.265 e. The molecule has 1 spiro atoms. The van der Waals surface area contributed by atoms with Gasteiger partial charge in [0.25, 0.3) is 5.91 Å². The van der Waals surface area contributed by atoms with E-state index in [1.165, 1.54) is 11.3 Å². The highest BCUT2D eigenvalue weighted by Gasteiger charge is 2.41. The fourth-order valence-corrected chi connectivity index (χ4v) is 5.81. The number of nitrogens with two attached hydrogens (primary N) is 1. The van der Waals surface area contributed by atoms with Gasteiger partial charge in [-0.2, -0.15) is 5.26 Å². The predicted molar refractivity (Wildman–Crippen MR) is 124 cm³/mol. The summed E-state index contributed by atoms with van der Waals surface area (Å²) in [7, 11) is 3.14. The van der Waals surface area contributed by atoms with Crippen molar-refractivity contribution in [1.29, 1.82) is 5.26 Å². The van der Waals surface area contributed by atoms with Gasteiger partial charge in [0.15, 0.2) is 11.5 Å². The molecule has 4 N–H and O–H groups in total. The molecule has 1 aliphatic heterocycles. The molecule has 5 rings (SSSR count). The number of nitrogens with one attached hydrogen (secondary N) is 2. The topological polar surface area (TPSA) is 122 Å². The Labute approximate surface area is 189 Å². The first-order valence-corrected chi connectivity index (χ1v) is 11.3. The third-order valence-corrected chi connectivity index (χ3v) is 7.36. The number of fused-ring (bicyclic) bond motifs is 3. The Bertz CT molecular complexity index is 1290. The lowest BCUT2D eigenvalue weighted by molar-refractivity contribution is 0.0881. The van der Waals surface area contributed by atoms with Crippen molar-refractivity contribution in [2.24, 2.45) is 0 Å². The number of benzene rings is 1. The number of rotatable bonds is 3. The number of ether oxygens (including phenoxy) is 2. The van der Waals surface area contributed by atoms with Gasteiger partial charge in [-0.1, -0.05) is 12.5 Å². The van der Waals surface area contributed by atoms with Crippen molar-refractivity contribution in [2.75, 3.05) is 25.3 Å². The highest BCUT2D eigenvalue weighted by molar-refractivity contribution is 7.21. The Kier molecular flexibility index (Phi) is 4.82. The molecule has 0 atom stereocenters. The highest BCUT2D eigenvalue weighted by Crippen LogP contribution is 2.48. The lowest BCUT2D eigenvalue weighted by Gasteiger charge is -2.42. The molecule has 2 aliphatic rings. The monoisotopic (exact) mass is 449 g/mol. The molecule has 164 valence electrons.